The van der Waals surface area contributed by atoms with Gasteiger partial charge in [-0.2, -0.15) is 8.42 Å². The molecule has 0 atom stereocenters. The van der Waals surface area contributed by atoms with Crippen molar-refractivity contribution >= 4 is 10.1 Å². The van der Waals surface area contributed by atoms with Crippen LogP contribution in [0.25, 0.3) is 0 Å². The van der Waals surface area contributed by atoms with Gasteiger partial charge in [0.25, 0.3) is 10.1 Å². The molecule has 0 saturated carbocycles. The van der Waals surface area contributed by atoms with Crippen LogP contribution in [0.15, 0.2) is 0 Å². The van der Waals surface area contributed by atoms with Gasteiger partial charge in [-0.05, 0) is 6.92 Å². The van der Waals surface area contributed by atoms with E-state index in [0.29, 0.717) is 0 Å². The molecule has 0 aliphatic carbocycles. The molecular formula is C2H6CuO4S. The van der Waals surface area contributed by atoms with Gasteiger partial charge in [0, 0.05) is 17.1 Å². The van der Waals surface area contributed by atoms with Crippen LogP contribution < -0.4 is 0 Å². The second-order valence-electron chi connectivity index (χ2n) is 0.921. The Labute approximate surface area is 58.4 Å². The zero-order chi connectivity index (χ0) is 5.91. The predicted molar refractivity (Wildman–Crippen MR) is 23.2 cm³/mol. The summed E-state index contributed by atoms with van der Waals surface area (Å²) in [5, 5.41) is 7.51. The second-order valence-corrected chi connectivity index (χ2v) is 2.76. The summed E-state index contributed by atoms with van der Waals surface area (Å²) in [4.78, 5) is 0. The largest absolute Gasteiger partial charge is 0.293 e. The van der Waals surface area contributed by atoms with Crippen molar-refractivity contribution < 1.29 is 35.1 Å². The quantitative estimate of drug-likeness (QED) is 0.372. The van der Waals surface area contributed by atoms with Crippen LogP contribution in [0, 0.1) is 0 Å². The Bertz CT molecular complexity index is 117. The molecule has 0 saturated heterocycles. The van der Waals surface area contributed by atoms with Crippen LogP contribution in [0.2, 0.25) is 0 Å². The molecule has 4 nitrogen and oxygen atoms in total. The molecule has 0 aromatic carbocycles. The molecule has 0 aromatic rings. The van der Waals surface area contributed by atoms with Gasteiger partial charge < -0.3 is 0 Å². The van der Waals surface area contributed by atoms with E-state index in [1.54, 1.807) is 0 Å². The summed E-state index contributed by atoms with van der Waals surface area (Å²) in [6.07, 6.45) is 0. The first-order valence-corrected chi connectivity index (χ1v) is 3.26. The number of hydrogen-bond acceptors (Lipinski definition) is 4. The first-order valence-electron chi connectivity index (χ1n) is 1.68. The third-order valence-corrected chi connectivity index (χ3v) is 1.40. The first-order chi connectivity index (χ1) is 3.12. The summed E-state index contributed by atoms with van der Waals surface area (Å²) >= 11 is 0. The Kier molecular flexibility index (Phi) is 6.01. The minimum atomic E-state index is -3.60. The zero-order valence-electron chi connectivity index (χ0n) is 4.09. The monoisotopic (exact) mass is 189 g/mol. The van der Waals surface area contributed by atoms with Crippen LogP contribution in [0.1, 0.15) is 6.92 Å². The third kappa shape index (κ3) is 4.55. The smallest absolute Gasteiger partial charge is 0.235 e. The van der Waals surface area contributed by atoms with Crippen LogP contribution in [0.5, 0.6) is 0 Å². The van der Waals surface area contributed by atoms with E-state index in [0.717, 1.165) is 0 Å². The van der Waals surface area contributed by atoms with Gasteiger partial charge in [0.15, 0.2) is 0 Å². The average Bonchev–Trinajstić information content (AvgIpc) is 1.68. The topological polar surface area (TPSA) is 63.6 Å². The van der Waals surface area contributed by atoms with Gasteiger partial charge in [-0.1, -0.05) is 0 Å². The summed E-state index contributed by atoms with van der Waals surface area (Å²) in [6.45, 7) is 1.37. The molecule has 8 heavy (non-hydrogen) atoms. The van der Waals surface area contributed by atoms with Gasteiger partial charge in [0.05, 0.1) is 5.75 Å². The van der Waals surface area contributed by atoms with Crippen molar-refractivity contribution in [3.63, 3.8) is 0 Å². The Hall–Kier alpha value is 0.389. The molecule has 0 heterocycles. The van der Waals surface area contributed by atoms with Crippen molar-refractivity contribution in [3.05, 3.63) is 0 Å². The Morgan fingerprint density at radius 3 is 2.00 bits per heavy atom. The van der Waals surface area contributed by atoms with Crippen molar-refractivity contribution in [1.29, 1.82) is 0 Å². The molecule has 55 valence electrons. The molecule has 0 spiro atoms. The minimum absolute atomic E-state index is 0. The predicted octanol–water partition coefficient (Wildman–Crippen LogP) is -0.177. The summed E-state index contributed by atoms with van der Waals surface area (Å²) in [5.74, 6) is -0.205. The van der Waals surface area contributed by atoms with E-state index in [2.05, 4.69) is 4.33 Å². The first kappa shape index (κ1) is 11.2. The summed E-state index contributed by atoms with van der Waals surface area (Å²) in [7, 11) is -3.60. The molecule has 0 amide bonds. The molecule has 0 fully saturated rings. The van der Waals surface area contributed by atoms with Gasteiger partial charge in [-0.15, -0.1) is 4.33 Å². The Morgan fingerprint density at radius 2 is 2.00 bits per heavy atom. The van der Waals surface area contributed by atoms with E-state index in [1.165, 1.54) is 6.92 Å². The molecule has 1 N–H and O–H groups in total. The maximum absolute atomic E-state index is 9.90. The standard InChI is InChI=1S/C2H6O4S.Cu/c1-2-7(4,5)6-3;/h3H,2H2,1H3;. The fraction of sp³-hybridized carbons (Fsp3) is 1.00. The Morgan fingerprint density at radius 1 is 1.62 bits per heavy atom. The van der Waals surface area contributed by atoms with Crippen LogP contribution in [0.3, 0.4) is 0 Å². The molecule has 0 unspecified atom stereocenters. The van der Waals surface area contributed by atoms with Gasteiger partial charge in [0.1, 0.15) is 0 Å². The fourth-order valence-corrected chi connectivity index (χ4v) is 0.158. The van der Waals surface area contributed by atoms with Gasteiger partial charge in [-0.3, -0.25) is 0 Å². The van der Waals surface area contributed by atoms with Gasteiger partial charge >= 0.3 is 0 Å². The van der Waals surface area contributed by atoms with Gasteiger partial charge in [-0.25, -0.2) is 5.26 Å². The number of rotatable bonds is 2. The van der Waals surface area contributed by atoms with Crippen LogP contribution in [0.4, 0.5) is 0 Å². The maximum Gasteiger partial charge on any atom is 0.293 e. The summed E-state index contributed by atoms with van der Waals surface area (Å²) in [5.41, 5.74) is 0. The van der Waals surface area contributed by atoms with E-state index < -0.39 is 10.1 Å². The molecule has 0 aliphatic heterocycles. The van der Waals surface area contributed by atoms with Gasteiger partial charge in [0.2, 0.25) is 0 Å². The minimum Gasteiger partial charge on any atom is -0.235 e. The van der Waals surface area contributed by atoms with Crippen molar-refractivity contribution in [2.75, 3.05) is 5.75 Å². The van der Waals surface area contributed by atoms with E-state index >= 15 is 0 Å². The summed E-state index contributed by atoms with van der Waals surface area (Å²) < 4.78 is 22.9. The molecule has 0 bridgehead atoms. The molecular weight excluding hydrogens is 184 g/mol. The van der Waals surface area contributed by atoms with E-state index in [4.69, 9.17) is 5.26 Å². The van der Waals surface area contributed by atoms with Crippen molar-refractivity contribution in [3.8, 4) is 0 Å². The molecule has 0 aromatic heterocycles. The van der Waals surface area contributed by atoms with E-state index in [9.17, 15) is 8.42 Å². The SMILES string of the molecule is CCS(=O)(=O)OO.[Cu]. The number of hydrogen-bond donors (Lipinski definition) is 1. The van der Waals surface area contributed by atoms with E-state index in [-0.39, 0.29) is 22.8 Å². The third-order valence-electron chi connectivity index (χ3n) is 0.467. The van der Waals surface area contributed by atoms with Crippen molar-refractivity contribution in [2.24, 2.45) is 0 Å². The Balaban J connectivity index is 0. The molecule has 0 rings (SSSR count). The average molecular weight is 190 g/mol. The zero-order valence-corrected chi connectivity index (χ0v) is 5.85. The van der Waals surface area contributed by atoms with E-state index in [1.807, 2.05) is 0 Å². The second kappa shape index (κ2) is 4.29. The molecule has 0 aliphatic rings. The molecule has 1 radical (unpaired) electrons. The maximum atomic E-state index is 9.90. The summed E-state index contributed by atoms with van der Waals surface area (Å²) in [6, 6.07) is 0. The van der Waals surface area contributed by atoms with Crippen molar-refractivity contribution in [1.82, 2.24) is 0 Å². The fourth-order valence-electron chi connectivity index (χ4n) is 0.0527. The van der Waals surface area contributed by atoms with Crippen LogP contribution in [-0.4, -0.2) is 19.4 Å². The van der Waals surface area contributed by atoms with Crippen molar-refractivity contribution in [2.45, 2.75) is 6.92 Å². The van der Waals surface area contributed by atoms with Crippen LogP contribution >= 0.6 is 0 Å². The normalized spacial score (nSPS) is 10.2. The molecule has 6 heteroatoms. The van der Waals surface area contributed by atoms with Crippen LogP contribution in [-0.2, 0) is 31.5 Å².